The second-order valence-corrected chi connectivity index (χ2v) is 4.48. The molecule has 0 saturated carbocycles. The van der Waals surface area contributed by atoms with E-state index in [2.05, 4.69) is 15.9 Å². The van der Waals surface area contributed by atoms with Crippen molar-refractivity contribution < 1.29 is 19.5 Å². The van der Waals surface area contributed by atoms with E-state index >= 15 is 0 Å². The number of anilines is 1. The molecule has 2 rings (SSSR count). The van der Waals surface area contributed by atoms with E-state index in [9.17, 15) is 14.4 Å². The predicted molar refractivity (Wildman–Crippen MR) is 67.6 cm³/mol. The second kappa shape index (κ2) is 4.73. The Morgan fingerprint density at radius 3 is 2.78 bits per heavy atom. The lowest BCUT2D eigenvalue weighted by Crippen LogP contribution is -2.30. The molecule has 0 bridgehead atoms. The first kappa shape index (κ1) is 12.5. The first-order chi connectivity index (χ1) is 8.52. The van der Waals surface area contributed by atoms with Gasteiger partial charge in [0.1, 0.15) is 0 Å². The Balaban J connectivity index is 2.36. The van der Waals surface area contributed by atoms with Crippen LogP contribution in [-0.4, -0.2) is 29.3 Å². The van der Waals surface area contributed by atoms with Crippen LogP contribution in [0.25, 0.3) is 0 Å². The van der Waals surface area contributed by atoms with Gasteiger partial charge in [0.25, 0.3) is 11.7 Å². The van der Waals surface area contributed by atoms with Crippen LogP contribution in [0.3, 0.4) is 0 Å². The molecular weight excluding hydrogens is 302 g/mol. The van der Waals surface area contributed by atoms with Crippen molar-refractivity contribution in [1.29, 1.82) is 0 Å². The van der Waals surface area contributed by atoms with Crippen molar-refractivity contribution in [2.24, 2.45) is 0 Å². The van der Waals surface area contributed by atoms with Gasteiger partial charge in [-0.3, -0.25) is 14.5 Å². The Morgan fingerprint density at radius 2 is 2.11 bits per heavy atom. The van der Waals surface area contributed by atoms with E-state index in [1.54, 1.807) is 18.2 Å². The third-order valence-electron chi connectivity index (χ3n) is 2.49. The molecule has 0 atom stereocenters. The van der Waals surface area contributed by atoms with Crippen molar-refractivity contribution in [3.63, 3.8) is 0 Å². The first-order valence-electron chi connectivity index (χ1n) is 5.06. The van der Waals surface area contributed by atoms with E-state index in [0.717, 1.165) is 6.08 Å². The molecule has 0 saturated heterocycles. The minimum atomic E-state index is -1.10. The molecule has 0 spiro atoms. The SMILES string of the molecule is O=C(O)C=CCN1C(=O)C(=O)c2cccc(Br)c21. The molecule has 0 aliphatic carbocycles. The topological polar surface area (TPSA) is 74.7 Å². The fourth-order valence-corrected chi connectivity index (χ4v) is 2.33. The number of Topliss-reactive ketones (excluding diaryl/α,β-unsaturated/α-hetero) is 1. The lowest BCUT2D eigenvalue weighted by molar-refractivity contribution is -0.131. The molecule has 1 amide bonds. The van der Waals surface area contributed by atoms with Crippen LogP contribution >= 0.6 is 15.9 Å². The number of carbonyl (C=O) groups excluding carboxylic acids is 2. The van der Waals surface area contributed by atoms with Gasteiger partial charge in [0.05, 0.1) is 11.3 Å². The zero-order valence-corrected chi connectivity index (χ0v) is 10.7. The molecule has 92 valence electrons. The largest absolute Gasteiger partial charge is 0.478 e. The van der Waals surface area contributed by atoms with Crippen LogP contribution in [0.2, 0.25) is 0 Å². The van der Waals surface area contributed by atoms with E-state index in [1.165, 1.54) is 11.0 Å². The van der Waals surface area contributed by atoms with E-state index in [0.29, 0.717) is 15.7 Å². The van der Waals surface area contributed by atoms with Crippen LogP contribution in [0.1, 0.15) is 10.4 Å². The number of hydrogen-bond acceptors (Lipinski definition) is 3. The monoisotopic (exact) mass is 309 g/mol. The number of nitrogens with zero attached hydrogens (tertiary/aromatic N) is 1. The van der Waals surface area contributed by atoms with Crippen LogP contribution in [0.4, 0.5) is 5.69 Å². The minimum absolute atomic E-state index is 0.0481. The Labute approximate surface area is 111 Å². The van der Waals surface area contributed by atoms with Gasteiger partial charge in [0, 0.05) is 17.1 Å². The Hall–Kier alpha value is -1.95. The Bertz CT molecular complexity index is 579. The van der Waals surface area contributed by atoms with E-state index < -0.39 is 17.7 Å². The van der Waals surface area contributed by atoms with Gasteiger partial charge in [-0.1, -0.05) is 12.1 Å². The highest BCUT2D eigenvalue weighted by molar-refractivity contribution is 9.10. The quantitative estimate of drug-likeness (QED) is 0.680. The smallest absolute Gasteiger partial charge is 0.328 e. The molecule has 18 heavy (non-hydrogen) atoms. The van der Waals surface area contributed by atoms with Crippen molar-refractivity contribution in [3.8, 4) is 0 Å². The third-order valence-corrected chi connectivity index (χ3v) is 3.13. The molecule has 0 radical (unpaired) electrons. The van der Waals surface area contributed by atoms with E-state index in [-0.39, 0.29) is 6.54 Å². The van der Waals surface area contributed by atoms with Gasteiger partial charge in [-0.15, -0.1) is 0 Å². The van der Waals surface area contributed by atoms with Gasteiger partial charge < -0.3 is 5.11 Å². The van der Waals surface area contributed by atoms with Gasteiger partial charge in [-0.2, -0.15) is 0 Å². The number of ketones is 1. The highest BCUT2D eigenvalue weighted by atomic mass is 79.9. The van der Waals surface area contributed by atoms with Crippen molar-refractivity contribution in [2.45, 2.75) is 0 Å². The molecule has 1 aromatic rings. The fraction of sp³-hybridized carbons (Fsp3) is 0.0833. The average molecular weight is 310 g/mol. The van der Waals surface area contributed by atoms with Crippen LogP contribution in [0.15, 0.2) is 34.8 Å². The molecule has 1 heterocycles. The number of halogens is 1. The lowest BCUT2D eigenvalue weighted by atomic mass is 10.1. The zero-order chi connectivity index (χ0) is 13.3. The number of para-hydroxylation sites is 1. The average Bonchev–Trinajstić information content (AvgIpc) is 2.55. The number of amides is 1. The van der Waals surface area contributed by atoms with Crippen molar-refractivity contribution in [2.75, 3.05) is 11.4 Å². The van der Waals surface area contributed by atoms with Crippen LogP contribution < -0.4 is 4.90 Å². The molecular formula is C12H8BrNO4. The first-order valence-corrected chi connectivity index (χ1v) is 5.86. The molecule has 0 fully saturated rings. The molecule has 1 N–H and O–H groups in total. The number of carbonyl (C=O) groups is 3. The Kier molecular flexibility index (Phi) is 3.29. The third kappa shape index (κ3) is 2.06. The summed E-state index contributed by atoms with van der Waals surface area (Å²) in [4.78, 5) is 35.1. The summed E-state index contributed by atoms with van der Waals surface area (Å²) in [6, 6.07) is 4.96. The summed E-state index contributed by atoms with van der Waals surface area (Å²) < 4.78 is 0.628. The summed E-state index contributed by atoms with van der Waals surface area (Å²) in [6.07, 6.45) is 2.26. The summed E-state index contributed by atoms with van der Waals surface area (Å²) in [7, 11) is 0. The highest BCUT2D eigenvalue weighted by Crippen LogP contribution is 2.35. The molecule has 1 aliphatic rings. The number of rotatable bonds is 3. The van der Waals surface area contributed by atoms with Crippen LogP contribution in [0, 0.1) is 0 Å². The van der Waals surface area contributed by atoms with Gasteiger partial charge in [-0.05, 0) is 28.1 Å². The molecule has 0 unspecified atom stereocenters. The van der Waals surface area contributed by atoms with Crippen molar-refractivity contribution in [3.05, 3.63) is 40.4 Å². The number of carboxylic acid groups (broad SMARTS) is 1. The lowest BCUT2D eigenvalue weighted by Gasteiger charge is -2.15. The van der Waals surface area contributed by atoms with Crippen LogP contribution in [-0.2, 0) is 9.59 Å². The van der Waals surface area contributed by atoms with Gasteiger partial charge in [0.15, 0.2) is 0 Å². The number of aliphatic carboxylic acids is 1. The summed E-state index contributed by atoms with van der Waals surface area (Å²) in [5.74, 6) is -2.32. The predicted octanol–water partition coefficient (Wildman–Crippen LogP) is 1.62. The van der Waals surface area contributed by atoms with Gasteiger partial charge in [0.2, 0.25) is 0 Å². The summed E-state index contributed by atoms with van der Waals surface area (Å²) in [5, 5.41) is 8.49. The molecule has 1 aliphatic heterocycles. The minimum Gasteiger partial charge on any atom is -0.478 e. The van der Waals surface area contributed by atoms with Crippen molar-refractivity contribution >= 4 is 39.3 Å². The summed E-state index contributed by atoms with van der Waals surface area (Å²) >= 11 is 3.28. The maximum absolute atomic E-state index is 11.8. The standard InChI is InChI=1S/C12H8BrNO4/c13-8-4-1-3-7-10(8)14(12(18)11(7)17)6-2-5-9(15)16/h1-5H,6H2,(H,15,16). The molecule has 6 heteroatoms. The van der Waals surface area contributed by atoms with Crippen molar-refractivity contribution in [1.82, 2.24) is 0 Å². The number of benzene rings is 1. The summed E-state index contributed by atoms with van der Waals surface area (Å²) in [6.45, 7) is 0.0481. The van der Waals surface area contributed by atoms with Crippen LogP contribution in [0.5, 0.6) is 0 Å². The molecule has 0 aromatic heterocycles. The zero-order valence-electron chi connectivity index (χ0n) is 9.09. The molecule has 5 nitrogen and oxygen atoms in total. The summed E-state index contributed by atoms with van der Waals surface area (Å²) in [5.41, 5.74) is 0.820. The normalized spacial score (nSPS) is 14.4. The second-order valence-electron chi connectivity index (χ2n) is 3.62. The van der Waals surface area contributed by atoms with Gasteiger partial charge >= 0.3 is 5.97 Å². The fourth-order valence-electron chi connectivity index (χ4n) is 1.75. The van der Waals surface area contributed by atoms with E-state index in [1.807, 2.05) is 0 Å². The van der Waals surface area contributed by atoms with E-state index in [4.69, 9.17) is 5.11 Å². The number of carboxylic acids is 1. The maximum atomic E-state index is 11.8. The maximum Gasteiger partial charge on any atom is 0.328 e. The number of fused-ring (bicyclic) bond motifs is 1. The molecule has 1 aromatic carbocycles. The highest BCUT2D eigenvalue weighted by Gasteiger charge is 2.36. The Morgan fingerprint density at radius 1 is 1.39 bits per heavy atom. The van der Waals surface area contributed by atoms with Gasteiger partial charge in [-0.25, -0.2) is 4.79 Å². The number of hydrogen-bond donors (Lipinski definition) is 1.